The third-order valence-electron chi connectivity index (χ3n) is 2.57. The molecule has 0 aliphatic rings. The van der Waals surface area contributed by atoms with Crippen LogP contribution in [0.1, 0.15) is 25.8 Å². The molecule has 20 heavy (non-hydrogen) atoms. The minimum Gasteiger partial charge on any atom is -0.308 e. The van der Waals surface area contributed by atoms with Gasteiger partial charge < -0.3 is 10.3 Å². The lowest BCUT2D eigenvalue weighted by atomic mass is 10.2. The zero-order valence-corrected chi connectivity index (χ0v) is 13.5. The second-order valence-corrected chi connectivity index (χ2v) is 5.79. The van der Waals surface area contributed by atoms with Crippen LogP contribution in [-0.2, 0) is 4.79 Å². The second kappa shape index (κ2) is 7.36. The fourth-order valence-corrected chi connectivity index (χ4v) is 2.79. The van der Waals surface area contributed by atoms with Crippen molar-refractivity contribution in [2.45, 2.75) is 20.8 Å². The molecule has 1 rings (SSSR count). The molecule has 6 heteroatoms. The number of nitrogens with zero attached hydrogens (tertiary/aromatic N) is 2. The summed E-state index contributed by atoms with van der Waals surface area (Å²) >= 11 is 7.41. The van der Waals surface area contributed by atoms with Crippen molar-refractivity contribution in [3.8, 4) is 0 Å². The zero-order chi connectivity index (χ0) is 15.3. The molecule has 0 spiro atoms. The predicted octanol–water partition coefficient (Wildman–Crippen LogP) is 4.02. The number of rotatable bonds is 5. The number of amides is 1. The first-order chi connectivity index (χ1) is 9.42. The van der Waals surface area contributed by atoms with Crippen molar-refractivity contribution in [3.63, 3.8) is 0 Å². The van der Waals surface area contributed by atoms with Crippen molar-refractivity contribution in [1.29, 1.82) is 5.41 Å². The molecule has 1 aromatic rings. The molecule has 0 fully saturated rings. The molecular formula is C14H18ClN3OS. The lowest BCUT2D eigenvalue weighted by Gasteiger charge is -2.17. The van der Waals surface area contributed by atoms with Gasteiger partial charge in [0.1, 0.15) is 10.0 Å². The second-order valence-electron chi connectivity index (χ2n) is 4.46. The minimum atomic E-state index is -0.109. The number of aromatic nitrogens is 1. The predicted molar refractivity (Wildman–Crippen MR) is 86.9 cm³/mol. The van der Waals surface area contributed by atoms with E-state index in [0.29, 0.717) is 15.6 Å². The van der Waals surface area contributed by atoms with E-state index < -0.39 is 0 Å². The van der Waals surface area contributed by atoms with Gasteiger partial charge in [0.25, 0.3) is 0 Å². The molecule has 0 aromatic carbocycles. The van der Waals surface area contributed by atoms with Gasteiger partial charge in [0.2, 0.25) is 5.91 Å². The summed E-state index contributed by atoms with van der Waals surface area (Å²) in [5, 5.41) is 8.95. The largest absolute Gasteiger partial charge is 0.308 e. The first kappa shape index (κ1) is 16.6. The molecule has 0 bridgehead atoms. The van der Waals surface area contributed by atoms with Gasteiger partial charge in [-0.25, -0.2) is 4.98 Å². The van der Waals surface area contributed by atoms with E-state index >= 15 is 0 Å². The molecule has 4 nitrogen and oxygen atoms in total. The van der Waals surface area contributed by atoms with Crippen LogP contribution in [0.25, 0.3) is 5.57 Å². The zero-order valence-electron chi connectivity index (χ0n) is 12.0. The van der Waals surface area contributed by atoms with Gasteiger partial charge in [-0.15, -0.1) is 0 Å². The molecule has 0 aliphatic heterocycles. The molecule has 108 valence electrons. The standard InChI is InChI=1S/C14H18ClN3OS/c1-5-6-7-10(8-16)12-17-11(15)14(20-12)18(4)13(19)9(2)3/h5-9,16H,1-4H3/b6-5-,10-7+,16-8?. The first-order valence-corrected chi connectivity index (χ1v) is 7.39. The summed E-state index contributed by atoms with van der Waals surface area (Å²) in [7, 11) is 1.69. The van der Waals surface area contributed by atoms with E-state index in [1.807, 2.05) is 32.9 Å². The molecule has 1 aromatic heterocycles. The Labute approximate surface area is 128 Å². The van der Waals surface area contributed by atoms with Crippen molar-refractivity contribution in [2.75, 3.05) is 11.9 Å². The number of halogens is 1. The quantitative estimate of drug-likeness (QED) is 0.659. The Morgan fingerprint density at radius 2 is 2.15 bits per heavy atom. The van der Waals surface area contributed by atoms with Crippen molar-refractivity contribution in [1.82, 2.24) is 4.98 Å². The van der Waals surface area contributed by atoms with Crippen molar-refractivity contribution >= 4 is 45.6 Å². The van der Waals surface area contributed by atoms with Gasteiger partial charge in [0.15, 0.2) is 5.15 Å². The van der Waals surface area contributed by atoms with Gasteiger partial charge in [-0.05, 0) is 6.92 Å². The third kappa shape index (κ3) is 3.77. The highest BCUT2D eigenvalue weighted by atomic mass is 35.5. The monoisotopic (exact) mass is 311 g/mol. The molecular weight excluding hydrogens is 294 g/mol. The Balaban J connectivity index is 3.15. The maximum Gasteiger partial charge on any atom is 0.229 e. The van der Waals surface area contributed by atoms with Crippen LogP contribution < -0.4 is 4.90 Å². The highest BCUT2D eigenvalue weighted by Crippen LogP contribution is 2.35. The fourth-order valence-electron chi connectivity index (χ4n) is 1.49. The molecule has 1 amide bonds. The average molecular weight is 312 g/mol. The number of allylic oxidation sites excluding steroid dienone is 4. The van der Waals surface area contributed by atoms with E-state index in [4.69, 9.17) is 17.0 Å². The smallest absolute Gasteiger partial charge is 0.229 e. The normalized spacial score (nSPS) is 12.2. The summed E-state index contributed by atoms with van der Waals surface area (Å²) in [5.41, 5.74) is 0.659. The van der Waals surface area contributed by atoms with Crippen molar-refractivity contribution < 1.29 is 4.79 Å². The van der Waals surface area contributed by atoms with Crippen molar-refractivity contribution in [3.05, 3.63) is 28.4 Å². The number of thiazole rings is 1. The molecule has 0 saturated carbocycles. The highest BCUT2D eigenvalue weighted by Gasteiger charge is 2.21. The maximum absolute atomic E-state index is 12.0. The summed E-state index contributed by atoms with van der Waals surface area (Å²) in [6, 6.07) is 0. The van der Waals surface area contributed by atoms with E-state index in [-0.39, 0.29) is 17.0 Å². The van der Waals surface area contributed by atoms with Crippen LogP contribution in [0.3, 0.4) is 0 Å². The molecule has 0 radical (unpaired) electrons. The topological polar surface area (TPSA) is 57.1 Å². The average Bonchev–Trinajstić information content (AvgIpc) is 2.79. The Morgan fingerprint density at radius 1 is 1.50 bits per heavy atom. The lowest BCUT2D eigenvalue weighted by Crippen LogP contribution is -2.29. The summed E-state index contributed by atoms with van der Waals surface area (Å²) < 4.78 is 0. The minimum absolute atomic E-state index is 0.0177. The number of nitrogens with one attached hydrogen (secondary N) is 1. The summed E-state index contributed by atoms with van der Waals surface area (Å²) in [4.78, 5) is 17.7. The van der Waals surface area contributed by atoms with Crippen LogP contribution in [0, 0.1) is 11.3 Å². The van der Waals surface area contributed by atoms with Crippen LogP contribution >= 0.6 is 22.9 Å². The Morgan fingerprint density at radius 3 is 2.65 bits per heavy atom. The molecule has 0 saturated heterocycles. The Bertz CT molecular complexity index is 561. The molecule has 0 atom stereocenters. The Kier molecular flexibility index (Phi) is 6.10. The number of hydrogen-bond donors (Lipinski definition) is 1. The fraction of sp³-hybridized carbons (Fsp3) is 0.357. The molecule has 1 N–H and O–H groups in total. The summed E-state index contributed by atoms with van der Waals surface area (Å²) in [6.07, 6.45) is 6.71. The van der Waals surface area contributed by atoms with Gasteiger partial charge in [0, 0.05) is 24.8 Å². The van der Waals surface area contributed by atoms with Gasteiger partial charge in [-0.3, -0.25) is 4.79 Å². The van der Waals surface area contributed by atoms with Gasteiger partial charge in [0.05, 0.1) is 0 Å². The first-order valence-electron chi connectivity index (χ1n) is 6.20. The van der Waals surface area contributed by atoms with Crippen LogP contribution in [0.15, 0.2) is 18.2 Å². The number of anilines is 1. The van der Waals surface area contributed by atoms with Crippen LogP contribution in [-0.4, -0.2) is 24.2 Å². The molecule has 0 aliphatic carbocycles. The van der Waals surface area contributed by atoms with E-state index in [1.165, 1.54) is 22.5 Å². The molecule has 0 unspecified atom stereocenters. The van der Waals surface area contributed by atoms with Crippen LogP contribution in [0.5, 0.6) is 0 Å². The SMILES string of the molecule is C/C=C\C=C(/C=N)c1nc(Cl)c(N(C)C(=O)C(C)C)s1. The number of carbonyl (C=O) groups excluding carboxylic acids is 1. The van der Waals surface area contributed by atoms with Crippen molar-refractivity contribution in [2.24, 2.45) is 5.92 Å². The maximum atomic E-state index is 12.0. The van der Waals surface area contributed by atoms with Gasteiger partial charge in [-0.2, -0.15) is 0 Å². The molecule has 1 heterocycles. The van der Waals surface area contributed by atoms with E-state index in [1.54, 1.807) is 13.1 Å². The van der Waals surface area contributed by atoms with E-state index in [2.05, 4.69) is 4.98 Å². The lowest BCUT2D eigenvalue weighted by molar-refractivity contribution is -0.121. The third-order valence-corrected chi connectivity index (χ3v) is 4.13. The van der Waals surface area contributed by atoms with Gasteiger partial charge in [-0.1, -0.05) is 55.0 Å². The number of carbonyl (C=O) groups is 1. The van der Waals surface area contributed by atoms with E-state index in [0.717, 1.165) is 0 Å². The van der Waals surface area contributed by atoms with Crippen LogP contribution in [0.4, 0.5) is 5.00 Å². The van der Waals surface area contributed by atoms with Gasteiger partial charge >= 0.3 is 0 Å². The highest BCUT2D eigenvalue weighted by molar-refractivity contribution is 7.17. The summed E-state index contributed by atoms with van der Waals surface area (Å²) in [6.45, 7) is 5.57. The summed E-state index contributed by atoms with van der Waals surface area (Å²) in [5.74, 6) is -0.127. The van der Waals surface area contributed by atoms with Crippen LogP contribution in [0.2, 0.25) is 5.15 Å². The Hall–Kier alpha value is -1.46. The van der Waals surface area contributed by atoms with E-state index in [9.17, 15) is 4.79 Å². The number of hydrogen-bond acceptors (Lipinski definition) is 4.